The van der Waals surface area contributed by atoms with Crippen molar-refractivity contribution in [1.29, 1.82) is 0 Å². The average molecular weight is 296 g/mol. The molecule has 6 nitrogen and oxygen atoms in total. The standard InChI is InChI=1S/C16H20N6/c1-11-6-5-7-15(8-11)22-16(17-10-18-22)12(2)9-21-14(4)19-13(3)20-21/h5-8,10,12H,9H2,1-4H3. The predicted molar refractivity (Wildman–Crippen MR) is 84.0 cm³/mol. The minimum Gasteiger partial charge on any atom is -0.249 e. The monoisotopic (exact) mass is 296 g/mol. The van der Waals surface area contributed by atoms with Crippen molar-refractivity contribution in [3.63, 3.8) is 0 Å². The molecule has 0 N–H and O–H groups in total. The number of aromatic nitrogens is 6. The van der Waals surface area contributed by atoms with Gasteiger partial charge in [-0.15, -0.1) is 0 Å². The maximum atomic E-state index is 4.45. The zero-order valence-corrected chi connectivity index (χ0v) is 13.4. The van der Waals surface area contributed by atoms with E-state index in [-0.39, 0.29) is 5.92 Å². The molecule has 22 heavy (non-hydrogen) atoms. The van der Waals surface area contributed by atoms with Crippen molar-refractivity contribution in [2.45, 2.75) is 40.2 Å². The molecule has 2 heterocycles. The van der Waals surface area contributed by atoms with Crippen molar-refractivity contribution in [3.8, 4) is 5.69 Å². The third-order valence-corrected chi connectivity index (χ3v) is 3.67. The van der Waals surface area contributed by atoms with E-state index < -0.39 is 0 Å². The largest absolute Gasteiger partial charge is 0.249 e. The number of nitrogens with zero attached hydrogens (tertiary/aromatic N) is 6. The zero-order valence-electron chi connectivity index (χ0n) is 13.4. The number of hydrogen-bond donors (Lipinski definition) is 0. The van der Waals surface area contributed by atoms with Gasteiger partial charge in [-0.2, -0.15) is 10.2 Å². The van der Waals surface area contributed by atoms with Crippen LogP contribution in [0.4, 0.5) is 0 Å². The SMILES string of the molecule is Cc1cccc(-n2ncnc2C(C)Cn2nc(C)nc2C)c1. The van der Waals surface area contributed by atoms with Crippen molar-refractivity contribution < 1.29 is 0 Å². The van der Waals surface area contributed by atoms with Crippen LogP contribution in [0.5, 0.6) is 0 Å². The first kappa shape index (κ1) is 14.4. The van der Waals surface area contributed by atoms with Gasteiger partial charge in [0.1, 0.15) is 23.8 Å². The van der Waals surface area contributed by atoms with Crippen LogP contribution >= 0.6 is 0 Å². The highest BCUT2D eigenvalue weighted by Gasteiger charge is 2.17. The second-order valence-corrected chi connectivity index (χ2v) is 5.66. The summed E-state index contributed by atoms with van der Waals surface area (Å²) in [6, 6.07) is 8.26. The average Bonchev–Trinajstić information content (AvgIpc) is 3.06. The fourth-order valence-electron chi connectivity index (χ4n) is 2.62. The molecule has 0 saturated carbocycles. The number of hydrogen-bond acceptors (Lipinski definition) is 4. The van der Waals surface area contributed by atoms with Crippen LogP contribution in [0.1, 0.15) is 35.9 Å². The van der Waals surface area contributed by atoms with Crippen molar-refractivity contribution in [3.05, 3.63) is 53.6 Å². The van der Waals surface area contributed by atoms with Gasteiger partial charge in [-0.1, -0.05) is 19.1 Å². The second-order valence-electron chi connectivity index (χ2n) is 5.66. The van der Waals surface area contributed by atoms with Crippen LogP contribution in [0.2, 0.25) is 0 Å². The molecule has 1 unspecified atom stereocenters. The Hall–Kier alpha value is -2.50. The Balaban J connectivity index is 1.89. The van der Waals surface area contributed by atoms with E-state index >= 15 is 0 Å². The Kier molecular flexibility index (Phi) is 3.75. The third-order valence-electron chi connectivity index (χ3n) is 3.67. The van der Waals surface area contributed by atoms with Crippen molar-refractivity contribution in [2.24, 2.45) is 0 Å². The highest BCUT2D eigenvalue weighted by atomic mass is 15.4. The van der Waals surface area contributed by atoms with E-state index in [0.717, 1.165) is 29.7 Å². The summed E-state index contributed by atoms with van der Waals surface area (Å²) in [6.07, 6.45) is 1.60. The lowest BCUT2D eigenvalue weighted by Gasteiger charge is -2.13. The highest BCUT2D eigenvalue weighted by molar-refractivity contribution is 5.35. The predicted octanol–water partition coefficient (Wildman–Crippen LogP) is 2.59. The molecule has 0 aliphatic carbocycles. The van der Waals surface area contributed by atoms with Crippen LogP contribution in [-0.4, -0.2) is 29.5 Å². The number of rotatable bonds is 4. The van der Waals surface area contributed by atoms with E-state index in [1.54, 1.807) is 6.33 Å². The molecule has 1 aromatic carbocycles. The van der Waals surface area contributed by atoms with E-state index in [1.807, 2.05) is 35.3 Å². The lowest BCUT2D eigenvalue weighted by molar-refractivity contribution is 0.502. The molecule has 0 spiro atoms. The van der Waals surface area contributed by atoms with Gasteiger partial charge in [-0.3, -0.25) is 0 Å². The quantitative estimate of drug-likeness (QED) is 0.742. The van der Waals surface area contributed by atoms with E-state index in [0.29, 0.717) is 0 Å². The number of aryl methyl sites for hydroxylation is 3. The molecule has 0 fully saturated rings. The fraction of sp³-hybridized carbons (Fsp3) is 0.375. The van der Waals surface area contributed by atoms with Gasteiger partial charge in [0.15, 0.2) is 0 Å². The first-order valence-electron chi connectivity index (χ1n) is 7.39. The Morgan fingerprint density at radius 2 is 2.00 bits per heavy atom. The molecule has 0 bridgehead atoms. The van der Waals surface area contributed by atoms with Crippen molar-refractivity contribution >= 4 is 0 Å². The van der Waals surface area contributed by atoms with Crippen molar-refractivity contribution in [2.75, 3.05) is 0 Å². The molecule has 0 radical (unpaired) electrons. The summed E-state index contributed by atoms with van der Waals surface area (Å²) in [5.41, 5.74) is 2.24. The summed E-state index contributed by atoms with van der Waals surface area (Å²) in [7, 11) is 0. The van der Waals surface area contributed by atoms with Gasteiger partial charge in [0.05, 0.1) is 12.2 Å². The molecular formula is C16H20N6. The maximum Gasteiger partial charge on any atom is 0.147 e. The Morgan fingerprint density at radius 1 is 1.18 bits per heavy atom. The molecule has 2 aromatic heterocycles. The third kappa shape index (κ3) is 2.77. The van der Waals surface area contributed by atoms with Crippen LogP contribution < -0.4 is 0 Å². The molecule has 0 aliphatic rings. The minimum absolute atomic E-state index is 0.183. The highest BCUT2D eigenvalue weighted by Crippen LogP contribution is 2.19. The van der Waals surface area contributed by atoms with E-state index in [4.69, 9.17) is 0 Å². The maximum absolute atomic E-state index is 4.45. The summed E-state index contributed by atoms with van der Waals surface area (Å²) in [6.45, 7) is 8.82. The lowest BCUT2D eigenvalue weighted by atomic mass is 10.1. The van der Waals surface area contributed by atoms with E-state index in [1.165, 1.54) is 5.56 Å². The topological polar surface area (TPSA) is 61.4 Å². The summed E-state index contributed by atoms with van der Waals surface area (Å²) >= 11 is 0. The Bertz CT molecular complexity index is 786. The molecule has 114 valence electrons. The molecule has 0 aliphatic heterocycles. The van der Waals surface area contributed by atoms with Gasteiger partial charge in [0.25, 0.3) is 0 Å². The zero-order chi connectivity index (χ0) is 15.7. The van der Waals surface area contributed by atoms with Crippen LogP contribution in [0.25, 0.3) is 5.69 Å². The Labute approximate surface area is 129 Å². The van der Waals surface area contributed by atoms with Crippen LogP contribution in [-0.2, 0) is 6.54 Å². The van der Waals surface area contributed by atoms with Crippen molar-refractivity contribution in [1.82, 2.24) is 29.5 Å². The van der Waals surface area contributed by atoms with Crippen LogP contribution in [0.15, 0.2) is 30.6 Å². The first-order chi connectivity index (χ1) is 10.5. The lowest BCUT2D eigenvalue weighted by Crippen LogP contribution is -2.14. The molecular weight excluding hydrogens is 276 g/mol. The summed E-state index contributed by atoms with van der Waals surface area (Å²) in [4.78, 5) is 8.79. The van der Waals surface area contributed by atoms with Gasteiger partial charge < -0.3 is 0 Å². The molecule has 3 aromatic rings. The molecule has 3 rings (SSSR count). The Morgan fingerprint density at radius 3 is 2.68 bits per heavy atom. The van der Waals surface area contributed by atoms with Gasteiger partial charge >= 0.3 is 0 Å². The van der Waals surface area contributed by atoms with E-state index in [2.05, 4.69) is 46.1 Å². The van der Waals surface area contributed by atoms with Gasteiger partial charge in [0.2, 0.25) is 0 Å². The summed E-state index contributed by atoms with van der Waals surface area (Å²) in [5, 5.41) is 8.80. The second kappa shape index (κ2) is 5.71. The van der Waals surface area contributed by atoms with Gasteiger partial charge in [-0.05, 0) is 38.5 Å². The minimum atomic E-state index is 0.183. The van der Waals surface area contributed by atoms with Gasteiger partial charge in [-0.25, -0.2) is 19.3 Å². The molecule has 6 heteroatoms. The van der Waals surface area contributed by atoms with E-state index in [9.17, 15) is 0 Å². The summed E-state index contributed by atoms with van der Waals surface area (Å²) in [5.74, 6) is 2.83. The smallest absolute Gasteiger partial charge is 0.147 e. The van der Waals surface area contributed by atoms with Crippen LogP contribution in [0, 0.1) is 20.8 Å². The molecule has 0 amide bonds. The molecule has 0 saturated heterocycles. The molecule has 1 atom stereocenters. The van der Waals surface area contributed by atoms with Gasteiger partial charge in [0, 0.05) is 5.92 Å². The first-order valence-corrected chi connectivity index (χ1v) is 7.39. The fourth-order valence-corrected chi connectivity index (χ4v) is 2.62. The number of benzene rings is 1. The normalized spacial score (nSPS) is 12.5. The summed E-state index contributed by atoms with van der Waals surface area (Å²) < 4.78 is 3.83. The van der Waals surface area contributed by atoms with Crippen LogP contribution in [0.3, 0.4) is 0 Å².